The minimum Gasteiger partial charge on any atom is -0.343 e. The van der Waals surface area contributed by atoms with Crippen molar-refractivity contribution in [1.82, 2.24) is 29.9 Å². The quantitative estimate of drug-likeness (QED) is 0.588. The van der Waals surface area contributed by atoms with Crippen LogP contribution in [0, 0.1) is 0 Å². The molecule has 120 valence electrons. The molecule has 0 spiro atoms. The van der Waals surface area contributed by atoms with E-state index in [1.54, 1.807) is 40.5 Å². The Bertz CT molecular complexity index is 1080. The van der Waals surface area contributed by atoms with Crippen LogP contribution in [0.4, 0.5) is 0 Å². The van der Waals surface area contributed by atoms with Gasteiger partial charge in [-0.3, -0.25) is 4.79 Å². The van der Waals surface area contributed by atoms with Crippen LogP contribution in [0.15, 0.2) is 40.8 Å². The minimum absolute atomic E-state index is 0.0975. The van der Waals surface area contributed by atoms with E-state index in [4.69, 9.17) is 0 Å². The Hall–Kier alpha value is -3.07. The Morgan fingerprint density at radius 2 is 2.17 bits per heavy atom. The van der Waals surface area contributed by atoms with Gasteiger partial charge in [0, 0.05) is 5.39 Å². The fourth-order valence-electron chi connectivity index (χ4n) is 2.48. The maximum Gasteiger partial charge on any atom is 0.346 e. The van der Waals surface area contributed by atoms with Gasteiger partial charge in [-0.25, -0.2) is 14.3 Å². The Labute approximate surface area is 139 Å². The van der Waals surface area contributed by atoms with Gasteiger partial charge in [0.1, 0.15) is 11.2 Å². The molecule has 3 aromatic heterocycles. The molecule has 0 unspecified atom stereocenters. The van der Waals surface area contributed by atoms with E-state index in [2.05, 4.69) is 25.4 Å². The summed E-state index contributed by atoms with van der Waals surface area (Å²) in [6, 6.07) is 6.71. The molecular formula is C15H12N6O2S. The van der Waals surface area contributed by atoms with Gasteiger partial charge in [0.2, 0.25) is 4.96 Å². The molecule has 4 rings (SSSR count). The number of amides is 1. The molecule has 0 saturated heterocycles. The zero-order valence-electron chi connectivity index (χ0n) is 12.6. The number of hydrogen-bond acceptors (Lipinski definition) is 6. The summed E-state index contributed by atoms with van der Waals surface area (Å²) in [7, 11) is 0. The predicted molar refractivity (Wildman–Crippen MR) is 89.1 cm³/mol. The average molecular weight is 340 g/mol. The third-order valence-corrected chi connectivity index (χ3v) is 4.34. The first kappa shape index (κ1) is 14.5. The van der Waals surface area contributed by atoms with E-state index >= 15 is 0 Å². The molecular weight excluding hydrogens is 328 g/mol. The van der Waals surface area contributed by atoms with Gasteiger partial charge in [0.25, 0.3) is 5.91 Å². The van der Waals surface area contributed by atoms with Gasteiger partial charge in [-0.1, -0.05) is 29.5 Å². The fraction of sp³-hybridized carbons (Fsp3) is 0.133. The SMILES string of the molecule is C[C@H](NC(=O)c1nc(=O)[nH]c2ccccc12)c1cn2ncsc2n1. The summed E-state index contributed by atoms with van der Waals surface area (Å²) in [5, 5.41) is 7.54. The van der Waals surface area contributed by atoms with E-state index in [0.717, 1.165) is 4.96 Å². The molecule has 24 heavy (non-hydrogen) atoms. The number of nitrogens with one attached hydrogen (secondary N) is 2. The summed E-state index contributed by atoms with van der Waals surface area (Å²) < 4.78 is 1.66. The lowest BCUT2D eigenvalue weighted by Crippen LogP contribution is -2.30. The normalized spacial score (nSPS) is 12.5. The Morgan fingerprint density at radius 3 is 3.00 bits per heavy atom. The topological polar surface area (TPSA) is 105 Å². The lowest BCUT2D eigenvalue weighted by Gasteiger charge is -2.11. The molecule has 2 N–H and O–H groups in total. The summed E-state index contributed by atoms with van der Waals surface area (Å²) in [5.74, 6) is -0.422. The number of para-hydroxylation sites is 1. The second-order valence-electron chi connectivity index (χ2n) is 5.26. The molecule has 1 aromatic carbocycles. The highest BCUT2D eigenvalue weighted by molar-refractivity contribution is 7.14. The minimum atomic E-state index is -0.557. The van der Waals surface area contributed by atoms with Crippen molar-refractivity contribution in [3.8, 4) is 0 Å². The van der Waals surface area contributed by atoms with E-state index < -0.39 is 11.6 Å². The predicted octanol–water partition coefficient (Wildman–Crippen LogP) is 1.52. The number of benzene rings is 1. The number of nitrogens with zero attached hydrogens (tertiary/aromatic N) is 4. The summed E-state index contributed by atoms with van der Waals surface area (Å²) >= 11 is 1.41. The highest BCUT2D eigenvalue weighted by Gasteiger charge is 2.18. The second-order valence-corrected chi connectivity index (χ2v) is 6.07. The first-order valence-corrected chi connectivity index (χ1v) is 8.08. The van der Waals surface area contributed by atoms with Gasteiger partial charge >= 0.3 is 5.69 Å². The monoisotopic (exact) mass is 340 g/mol. The summed E-state index contributed by atoms with van der Waals surface area (Å²) in [5.41, 5.74) is 2.50. The number of fused-ring (bicyclic) bond motifs is 2. The van der Waals surface area contributed by atoms with E-state index in [9.17, 15) is 9.59 Å². The van der Waals surface area contributed by atoms with Crippen LogP contribution in [-0.2, 0) is 0 Å². The number of rotatable bonds is 3. The van der Waals surface area contributed by atoms with E-state index in [-0.39, 0.29) is 11.7 Å². The Morgan fingerprint density at radius 1 is 1.33 bits per heavy atom. The van der Waals surface area contributed by atoms with Crippen LogP contribution < -0.4 is 11.0 Å². The second kappa shape index (κ2) is 5.53. The first-order chi connectivity index (χ1) is 11.6. The van der Waals surface area contributed by atoms with Crippen molar-refractivity contribution in [3.05, 3.63) is 57.8 Å². The summed E-state index contributed by atoms with van der Waals surface area (Å²) in [6.07, 6.45) is 1.76. The molecule has 0 aliphatic carbocycles. The van der Waals surface area contributed by atoms with Crippen molar-refractivity contribution in [2.45, 2.75) is 13.0 Å². The summed E-state index contributed by atoms with van der Waals surface area (Å²) in [4.78, 5) is 35.9. The van der Waals surface area contributed by atoms with E-state index in [1.807, 2.05) is 6.92 Å². The Balaban J connectivity index is 1.66. The number of aromatic amines is 1. The maximum absolute atomic E-state index is 12.6. The van der Waals surface area contributed by atoms with Crippen LogP contribution in [0.5, 0.6) is 0 Å². The molecule has 8 nitrogen and oxygen atoms in total. The molecule has 1 amide bonds. The lowest BCUT2D eigenvalue weighted by molar-refractivity contribution is 0.0935. The average Bonchev–Trinajstić information content (AvgIpc) is 3.15. The highest BCUT2D eigenvalue weighted by atomic mass is 32.1. The van der Waals surface area contributed by atoms with Gasteiger partial charge in [-0.15, -0.1) is 0 Å². The summed E-state index contributed by atoms with van der Waals surface area (Å²) in [6.45, 7) is 1.82. The molecule has 0 aliphatic heterocycles. The number of carbonyl (C=O) groups is 1. The largest absolute Gasteiger partial charge is 0.346 e. The van der Waals surface area contributed by atoms with Crippen LogP contribution in [0.2, 0.25) is 0 Å². The zero-order chi connectivity index (χ0) is 16.7. The molecule has 9 heteroatoms. The maximum atomic E-state index is 12.6. The zero-order valence-corrected chi connectivity index (χ0v) is 13.4. The van der Waals surface area contributed by atoms with Crippen LogP contribution in [-0.4, -0.2) is 30.5 Å². The van der Waals surface area contributed by atoms with Gasteiger partial charge in [-0.2, -0.15) is 10.1 Å². The van der Waals surface area contributed by atoms with Crippen molar-refractivity contribution in [2.24, 2.45) is 0 Å². The highest BCUT2D eigenvalue weighted by Crippen LogP contribution is 2.17. The van der Waals surface area contributed by atoms with Crippen LogP contribution >= 0.6 is 11.3 Å². The number of hydrogen-bond donors (Lipinski definition) is 2. The van der Waals surface area contributed by atoms with Gasteiger partial charge in [0.15, 0.2) is 0 Å². The van der Waals surface area contributed by atoms with Crippen molar-refractivity contribution < 1.29 is 4.79 Å². The van der Waals surface area contributed by atoms with Gasteiger partial charge in [-0.05, 0) is 13.0 Å². The lowest BCUT2D eigenvalue weighted by atomic mass is 10.1. The third kappa shape index (κ3) is 2.44. The number of H-pyrrole nitrogens is 1. The van der Waals surface area contributed by atoms with Crippen molar-refractivity contribution in [3.63, 3.8) is 0 Å². The molecule has 0 aliphatic rings. The number of aromatic nitrogens is 5. The standard InChI is InChI=1S/C15H12N6O2S/c1-8(11-6-21-15(19-11)24-7-16-21)17-13(22)12-9-4-2-3-5-10(9)18-14(23)20-12/h2-8H,1H3,(H,17,22)(H,18,20,23)/t8-/m0/s1. The molecule has 0 bridgehead atoms. The molecule has 3 heterocycles. The molecule has 4 aromatic rings. The molecule has 1 atom stereocenters. The smallest absolute Gasteiger partial charge is 0.343 e. The van der Waals surface area contributed by atoms with Crippen molar-refractivity contribution in [2.75, 3.05) is 0 Å². The van der Waals surface area contributed by atoms with Gasteiger partial charge in [0.05, 0.1) is 23.4 Å². The molecule has 0 fully saturated rings. The van der Waals surface area contributed by atoms with Gasteiger partial charge < -0.3 is 10.3 Å². The third-order valence-electron chi connectivity index (χ3n) is 3.65. The van der Waals surface area contributed by atoms with Crippen LogP contribution in [0.1, 0.15) is 29.1 Å². The fourth-order valence-corrected chi connectivity index (χ4v) is 3.09. The van der Waals surface area contributed by atoms with Crippen molar-refractivity contribution >= 4 is 33.1 Å². The molecule has 0 saturated carbocycles. The number of imidazole rings is 1. The molecule has 0 radical (unpaired) electrons. The number of carbonyl (C=O) groups excluding carboxylic acids is 1. The van der Waals surface area contributed by atoms with Crippen LogP contribution in [0.25, 0.3) is 15.9 Å². The first-order valence-electron chi connectivity index (χ1n) is 7.20. The van der Waals surface area contributed by atoms with Crippen molar-refractivity contribution in [1.29, 1.82) is 0 Å². The van der Waals surface area contributed by atoms with Crippen LogP contribution in [0.3, 0.4) is 0 Å². The van der Waals surface area contributed by atoms with E-state index in [0.29, 0.717) is 16.6 Å². The van der Waals surface area contributed by atoms with E-state index in [1.165, 1.54) is 11.3 Å². The Kier molecular flexibility index (Phi) is 3.35.